The third-order valence-electron chi connectivity index (χ3n) is 11.0. The van der Waals surface area contributed by atoms with E-state index in [0.717, 1.165) is 33.7 Å². The van der Waals surface area contributed by atoms with Crippen molar-refractivity contribution in [1.82, 2.24) is 19.1 Å². The first kappa shape index (κ1) is 31.9. The van der Waals surface area contributed by atoms with Gasteiger partial charge >= 0.3 is 0 Å². The fraction of sp³-hybridized carbons (Fsp3) is 0. The molecule has 0 atom stereocenters. The molecule has 0 bridgehead atoms. The molecule has 11 aromatic rings. The van der Waals surface area contributed by atoms with Crippen molar-refractivity contribution in [2.24, 2.45) is 0 Å². The monoisotopic (exact) mass is 714 g/mol. The van der Waals surface area contributed by atoms with Gasteiger partial charge < -0.3 is 4.57 Å². The molecule has 262 valence electrons. The summed E-state index contributed by atoms with van der Waals surface area (Å²) in [5, 5.41) is 4.88. The molecule has 3 heterocycles. The summed E-state index contributed by atoms with van der Waals surface area (Å²) in [4.78, 5) is 10.2. The number of aromatic nitrogens is 4. The molecular formula is C52H34N4. The Hall–Kier alpha value is -7.56. The smallest absolute Gasteiger partial charge is 0.162 e. The summed E-state index contributed by atoms with van der Waals surface area (Å²) >= 11 is 0. The van der Waals surface area contributed by atoms with Gasteiger partial charge in [0, 0.05) is 44.4 Å². The average Bonchev–Trinajstić information content (AvgIpc) is 3.79. The SMILES string of the molecule is c1ccc(-c2cc(-n3c4ccccc4c4cc(-c5ccc(-c6ccc7c(c6)c6ccccc6n7-c6ccccc6)cc5)ccc43)nc(-c3ccccc3)n2)cc1. The first-order valence-electron chi connectivity index (χ1n) is 19.0. The number of rotatable bonds is 6. The maximum absolute atomic E-state index is 5.19. The third kappa shape index (κ3) is 5.31. The molecule has 3 aromatic heterocycles. The van der Waals surface area contributed by atoms with Crippen molar-refractivity contribution in [3.63, 3.8) is 0 Å². The van der Waals surface area contributed by atoms with E-state index >= 15 is 0 Å². The minimum atomic E-state index is 0.700. The summed E-state index contributed by atoms with van der Waals surface area (Å²) in [7, 11) is 0. The maximum Gasteiger partial charge on any atom is 0.162 e. The summed E-state index contributed by atoms with van der Waals surface area (Å²) < 4.78 is 4.64. The van der Waals surface area contributed by atoms with Crippen LogP contribution in [0, 0.1) is 0 Å². The van der Waals surface area contributed by atoms with Gasteiger partial charge in [-0.15, -0.1) is 0 Å². The van der Waals surface area contributed by atoms with E-state index in [2.05, 4.69) is 191 Å². The Labute approximate surface area is 324 Å². The van der Waals surface area contributed by atoms with Crippen molar-refractivity contribution >= 4 is 43.6 Å². The zero-order chi connectivity index (χ0) is 37.0. The van der Waals surface area contributed by atoms with Crippen LogP contribution in [-0.2, 0) is 0 Å². The van der Waals surface area contributed by atoms with Gasteiger partial charge in [0.05, 0.1) is 27.8 Å². The zero-order valence-corrected chi connectivity index (χ0v) is 30.4. The van der Waals surface area contributed by atoms with Crippen LogP contribution in [0.3, 0.4) is 0 Å². The number of nitrogens with zero attached hydrogens (tertiary/aromatic N) is 4. The lowest BCUT2D eigenvalue weighted by atomic mass is 9.98. The van der Waals surface area contributed by atoms with Crippen LogP contribution in [0.5, 0.6) is 0 Å². The van der Waals surface area contributed by atoms with E-state index in [1.165, 1.54) is 60.5 Å². The molecule has 0 aliphatic heterocycles. The van der Waals surface area contributed by atoms with Crippen LogP contribution >= 0.6 is 0 Å². The average molecular weight is 715 g/mol. The van der Waals surface area contributed by atoms with E-state index in [4.69, 9.17) is 9.97 Å². The van der Waals surface area contributed by atoms with Gasteiger partial charge in [0.25, 0.3) is 0 Å². The lowest BCUT2D eigenvalue weighted by Crippen LogP contribution is -2.02. The number of fused-ring (bicyclic) bond motifs is 6. The van der Waals surface area contributed by atoms with Crippen molar-refractivity contribution in [1.29, 1.82) is 0 Å². The Morgan fingerprint density at radius 3 is 1.32 bits per heavy atom. The summed E-state index contributed by atoms with van der Waals surface area (Å²) in [6.45, 7) is 0. The quantitative estimate of drug-likeness (QED) is 0.172. The Morgan fingerprint density at radius 1 is 0.286 bits per heavy atom. The first-order valence-corrected chi connectivity index (χ1v) is 19.0. The van der Waals surface area contributed by atoms with Crippen LogP contribution in [0.15, 0.2) is 206 Å². The van der Waals surface area contributed by atoms with Crippen molar-refractivity contribution in [3.05, 3.63) is 206 Å². The van der Waals surface area contributed by atoms with E-state index in [0.29, 0.717) is 5.82 Å². The fourth-order valence-electron chi connectivity index (χ4n) is 8.28. The molecule has 0 unspecified atom stereocenters. The highest BCUT2D eigenvalue weighted by Crippen LogP contribution is 2.38. The molecule has 0 radical (unpaired) electrons. The normalized spacial score (nSPS) is 11.6. The topological polar surface area (TPSA) is 35.6 Å². The lowest BCUT2D eigenvalue weighted by Gasteiger charge is -2.12. The number of para-hydroxylation sites is 3. The summed E-state index contributed by atoms with van der Waals surface area (Å²) in [6.07, 6.45) is 0. The number of benzene rings is 8. The van der Waals surface area contributed by atoms with E-state index in [1.807, 2.05) is 24.3 Å². The van der Waals surface area contributed by atoms with Crippen LogP contribution in [0.4, 0.5) is 0 Å². The molecule has 0 saturated heterocycles. The van der Waals surface area contributed by atoms with Crippen molar-refractivity contribution < 1.29 is 0 Å². The Balaban J connectivity index is 1.000. The van der Waals surface area contributed by atoms with Gasteiger partial charge in [0.15, 0.2) is 5.82 Å². The van der Waals surface area contributed by atoms with Crippen molar-refractivity contribution in [3.8, 4) is 56.4 Å². The molecule has 0 saturated carbocycles. The van der Waals surface area contributed by atoms with Crippen molar-refractivity contribution in [2.45, 2.75) is 0 Å². The minimum Gasteiger partial charge on any atom is -0.309 e. The van der Waals surface area contributed by atoms with E-state index < -0.39 is 0 Å². The van der Waals surface area contributed by atoms with Crippen LogP contribution in [-0.4, -0.2) is 19.1 Å². The second kappa shape index (κ2) is 13.1. The molecule has 0 aliphatic carbocycles. The maximum atomic E-state index is 5.19. The van der Waals surface area contributed by atoms with Gasteiger partial charge in [0.1, 0.15) is 5.82 Å². The summed E-state index contributed by atoms with van der Waals surface area (Å²) in [6, 6.07) is 73.2. The highest BCUT2D eigenvalue weighted by molar-refractivity contribution is 6.11. The van der Waals surface area contributed by atoms with Gasteiger partial charge in [-0.3, -0.25) is 4.57 Å². The molecule has 56 heavy (non-hydrogen) atoms. The van der Waals surface area contributed by atoms with Crippen LogP contribution in [0.2, 0.25) is 0 Å². The molecule has 0 N–H and O–H groups in total. The molecule has 4 nitrogen and oxygen atoms in total. The molecule has 0 amide bonds. The standard InChI is InChI=1S/C52H34N4/c1-4-14-37(15-5-1)46-34-51(54-52(53-46)38-16-6-2-7-17-38)56-48-23-13-11-21-43(48)45-33-40(29-31-50(45)56)36-26-24-35(25-27-36)39-28-30-49-44(32-39)42-20-10-12-22-47(42)55(49)41-18-8-3-9-19-41/h1-34H. The Kier molecular flexibility index (Phi) is 7.46. The second-order valence-electron chi connectivity index (χ2n) is 14.2. The lowest BCUT2D eigenvalue weighted by molar-refractivity contribution is 1.05. The molecule has 8 aromatic carbocycles. The van der Waals surface area contributed by atoms with Crippen LogP contribution in [0.1, 0.15) is 0 Å². The van der Waals surface area contributed by atoms with Gasteiger partial charge in [0.2, 0.25) is 0 Å². The largest absolute Gasteiger partial charge is 0.309 e. The minimum absolute atomic E-state index is 0.700. The predicted molar refractivity (Wildman–Crippen MR) is 232 cm³/mol. The molecule has 0 spiro atoms. The second-order valence-corrected chi connectivity index (χ2v) is 14.2. The summed E-state index contributed by atoms with van der Waals surface area (Å²) in [5.74, 6) is 1.54. The first-order chi connectivity index (χ1) is 27.8. The highest BCUT2D eigenvalue weighted by atomic mass is 15.1. The van der Waals surface area contributed by atoms with Crippen LogP contribution in [0.25, 0.3) is 100 Å². The van der Waals surface area contributed by atoms with Crippen LogP contribution < -0.4 is 0 Å². The van der Waals surface area contributed by atoms with Gasteiger partial charge in [-0.05, 0) is 70.8 Å². The van der Waals surface area contributed by atoms with Gasteiger partial charge in [-0.2, -0.15) is 0 Å². The van der Waals surface area contributed by atoms with Crippen molar-refractivity contribution in [2.75, 3.05) is 0 Å². The third-order valence-corrected chi connectivity index (χ3v) is 11.0. The number of hydrogen-bond acceptors (Lipinski definition) is 2. The highest BCUT2D eigenvalue weighted by Gasteiger charge is 2.18. The predicted octanol–water partition coefficient (Wildman–Crippen LogP) is 13.3. The zero-order valence-electron chi connectivity index (χ0n) is 30.4. The van der Waals surface area contributed by atoms with E-state index in [1.54, 1.807) is 0 Å². The molecule has 0 fully saturated rings. The van der Waals surface area contributed by atoms with E-state index in [9.17, 15) is 0 Å². The molecule has 0 aliphatic rings. The molecular weight excluding hydrogens is 681 g/mol. The van der Waals surface area contributed by atoms with Gasteiger partial charge in [-0.1, -0.05) is 152 Å². The van der Waals surface area contributed by atoms with E-state index in [-0.39, 0.29) is 0 Å². The molecule has 11 rings (SSSR count). The Morgan fingerprint density at radius 2 is 0.732 bits per heavy atom. The number of hydrogen-bond donors (Lipinski definition) is 0. The Bertz CT molecular complexity index is 3160. The molecule has 4 heteroatoms. The summed E-state index contributed by atoms with van der Waals surface area (Å²) in [5.41, 5.74) is 13.5. The fourth-order valence-corrected chi connectivity index (χ4v) is 8.28. The van der Waals surface area contributed by atoms with Gasteiger partial charge in [-0.25, -0.2) is 9.97 Å².